The highest BCUT2D eigenvalue weighted by molar-refractivity contribution is 6.40. The lowest BCUT2D eigenvalue weighted by Crippen LogP contribution is -2.57. The van der Waals surface area contributed by atoms with E-state index in [-0.39, 0.29) is 23.1 Å². The number of carbonyl (C=O) groups excluding carboxylic acids is 3. The Morgan fingerprint density at radius 1 is 1.00 bits per heavy atom. The van der Waals surface area contributed by atoms with Crippen LogP contribution in [0.3, 0.4) is 0 Å². The van der Waals surface area contributed by atoms with E-state index >= 15 is 0 Å². The van der Waals surface area contributed by atoms with Gasteiger partial charge >= 0.3 is 0 Å². The van der Waals surface area contributed by atoms with Crippen LogP contribution in [0.1, 0.15) is 70.6 Å². The van der Waals surface area contributed by atoms with Gasteiger partial charge in [-0.05, 0) is 43.9 Å². The minimum atomic E-state index is -1.42. The van der Waals surface area contributed by atoms with Crippen molar-refractivity contribution in [2.45, 2.75) is 94.9 Å². The monoisotopic (exact) mass is 492 g/mol. The maximum Gasteiger partial charge on any atom is 0.248 e. The smallest absolute Gasteiger partial charge is 0.248 e. The van der Waals surface area contributed by atoms with E-state index in [4.69, 9.17) is 34.7 Å². The van der Waals surface area contributed by atoms with Crippen LogP contribution in [0.4, 0.5) is 0 Å². The number of hydrogen-bond donors (Lipinski definition) is 4. The van der Waals surface area contributed by atoms with Crippen LogP contribution in [0, 0.1) is 11.8 Å². The Balaban J connectivity index is 0.00000114. The summed E-state index contributed by atoms with van der Waals surface area (Å²) in [6.07, 6.45) is 8.92. The van der Waals surface area contributed by atoms with E-state index in [9.17, 15) is 19.5 Å². The number of halogens is 2. The van der Waals surface area contributed by atoms with E-state index in [1.165, 1.54) is 6.42 Å². The van der Waals surface area contributed by atoms with Crippen molar-refractivity contribution in [3.8, 4) is 0 Å². The lowest BCUT2D eigenvalue weighted by Gasteiger charge is -2.34. The van der Waals surface area contributed by atoms with Crippen molar-refractivity contribution < 1.29 is 19.5 Å². The molecule has 4 atom stereocenters. The van der Waals surface area contributed by atoms with Crippen LogP contribution in [-0.2, 0) is 14.4 Å². The van der Waals surface area contributed by atoms with Gasteiger partial charge in [0.15, 0.2) is 6.10 Å². The molecule has 184 valence electrons. The van der Waals surface area contributed by atoms with Crippen molar-refractivity contribution in [1.82, 2.24) is 10.2 Å². The van der Waals surface area contributed by atoms with Crippen LogP contribution in [0.15, 0.2) is 0 Å². The highest BCUT2D eigenvalue weighted by Gasteiger charge is 2.40. The molecule has 3 aliphatic rings. The zero-order valence-corrected chi connectivity index (χ0v) is 20.2. The van der Waals surface area contributed by atoms with Gasteiger partial charge in [0.1, 0.15) is 6.04 Å². The lowest BCUT2D eigenvalue weighted by atomic mass is 9.79. The zero-order chi connectivity index (χ0) is 23.7. The molecule has 0 bridgehead atoms. The molecular weight excluding hydrogens is 455 g/mol. The first-order valence-corrected chi connectivity index (χ1v) is 12.8. The summed E-state index contributed by atoms with van der Waals surface area (Å²) in [5.74, 6) is -0.746. The highest BCUT2D eigenvalue weighted by Crippen LogP contribution is 2.32. The van der Waals surface area contributed by atoms with E-state index in [1.54, 1.807) is 4.90 Å². The minimum Gasteiger partial charge on any atom is -0.381 e. The number of alkyl halides is 2. The quantitative estimate of drug-likeness (QED) is 0.382. The topological polar surface area (TPSA) is 139 Å². The summed E-state index contributed by atoms with van der Waals surface area (Å²) >= 11 is 9.53. The number of aliphatic hydroxyl groups excluding tert-OH is 1. The van der Waals surface area contributed by atoms with E-state index < -0.39 is 30.1 Å². The van der Waals surface area contributed by atoms with Gasteiger partial charge in [-0.2, -0.15) is 0 Å². The third-order valence-corrected chi connectivity index (χ3v) is 7.09. The summed E-state index contributed by atoms with van der Waals surface area (Å²) in [6, 6.07) is -1.87. The number of likely N-dealkylation sites (tertiary alicyclic amines) is 1. The molecule has 3 rings (SSSR count). The first-order chi connectivity index (χ1) is 15.3. The summed E-state index contributed by atoms with van der Waals surface area (Å²) in [5, 5.41) is 13.2. The second-order valence-corrected chi connectivity index (χ2v) is 10.0. The van der Waals surface area contributed by atoms with Gasteiger partial charge in [-0.3, -0.25) is 14.4 Å². The number of amides is 3. The molecule has 1 saturated heterocycles. The predicted octanol–water partition coefficient (Wildman–Crippen LogP) is 1.83. The highest BCUT2D eigenvalue weighted by atomic mass is 35.5. The van der Waals surface area contributed by atoms with Crippen molar-refractivity contribution in [2.24, 2.45) is 23.3 Å². The second-order valence-electron chi connectivity index (χ2n) is 9.21. The molecule has 0 aromatic carbocycles. The number of nitrogens with one attached hydrogen (secondary N) is 1. The van der Waals surface area contributed by atoms with Crippen molar-refractivity contribution in [3.63, 3.8) is 0 Å². The first kappa shape index (κ1) is 27.2. The molecule has 1 aliphatic heterocycles. The Morgan fingerprint density at radius 2 is 1.62 bits per heavy atom. The fourth-order valence-electron chi connectivity index (χ4n) is 5.02. The van der Waals surface area contributed by atoms with E-state index in [0.717, 1.165) is 51.4 Å². The lowest BCUT2D eigenvalue weighted by molar-refractivity contribution is -0.141. The van der Waals surface area contributed by atoms with Gasteiger partial charge in [0.25, 0.3) is 0 Å². The number of aliphatic hydroxyl groups is 1. The van der Waals surface area contributed by atoms with Crippen molar-refractivity contribution in [3.05, 3.63) is 0 Å². The molecule has 3 unspecified atom stereocenters. The van der Waals surface area contributed by atoms with Gasteiger partial charge in [-0.25, -0.2) is 0 Å². The van der Waals surface area contributed by atoms with Crippen LogP contribution in [0.25, 0.3) is 0 Å². The molecule has 2 aliphatic carbocycles. The van der Waals surface area contributed by atoms with Crippen molar-refractivity contribution in [2.75, 3.05) is 11.9 Å². The SMILES string of the molecule is ClCCl.NC(=O)C(O)C(CC1CCC1)NC(=O)C1CCCN1C(=O)[C@@H](N)C1CCCCC1. The summed E-state index contributed by atoms with van der Waals surface area (Å²) in [5.41, 5.74) is 11.6. The molecule has 6 N–H and O–H groups in total. The minimum absolute atomic E-state index is 0.152. The predicted molar refractivity (Wildman–Crippen MR) is 125 cm³/mol. The van der Waals surface area contributed by atoms with Crippen LogP contribution in [-0.4, -0.2) is 63.8 Å². The molecule has 10 heteroatoms. The Morgan fingerprint density at radius 3 is 2.16 bits per heavy atom. The molecule has 0 aromatic heterocycles. The van der Waals surface area contributed by atoms with Gasteiger partial charge in [-0.1, -0.05) is 38.5 Å². The zero-order valence-electron chi connectivity index (χ0n) is 18.7. The summed E-state index contributed by atoms with van der Waals surface area (Å²) in [4.78, 5) is 39.1. The summed E-state index contributed by atoms with van der Waals surface area (Å²) in [7, 11) is 0. The van der Waals surface area contributed by atoms with Crippen molar-refractivity contribution >= 4 is 40.9 Å². The molecule has 3 amide bonds. The van der Waals surface area contributed by atoms with E-state index in [2.05, 4.69) is 5.32 Å². The number of rotatable bonds is 8. The van der Waals surface area contributed by atoms with Crippen LogP contribution >= 0.6 is 23.2 Å². The van der Waals surface area contributed by atoms with E-state index in [1.807, 2.05) is 0 Å². The van der Waals surface area contributed by atoms with Crippen LogP contribution in [0.5, 0.6) is 0 Å². The molecular formula is C22H38Cl2N4O4. The largest absolute Gasteiger partial charge is 0.381 e. The fourth-order valence-corrected chi connectivity index (χ4v) is 5.02. The van der Waals surface area contributed by atoms with Crippen molar-refractivity contribution in [1.29, 1.82) is 0 Å². The second kappa shape index (κ2) is 13.6. The normalized spacial score (nSPS) is 24.5. The van der Waals surface area contributed by atoms with Gasteiger partial charge in [0.05, 0.1) is 17.4 Å². The fraction of sp³-hybridized carbons (Fsp3) is 0.864. The van der Waals surface area contributed by atoms with Crippen LogP contribution < -0.4 is 16.8 Å². The number of hydrogen-bond acceptors (Lipinski definition) is 5. The average Bonchev–Trinajstić information content (AvgIpc) is 3.24. The molecule has 2 saturated carbocycles. The Hall–Kier alpha value is -1.09. The number of carbonyl (C=O) groups is 3. The Labute approximate surface area is 200 Å². The third kappa shape index (κ3) is 7.47. The summed E-state index contributed by atoms with van der Waals surface area (Å²) in [6.45, 7) is 0.517. The average molecular weight is 493 g/mol. The maximum atomic E-state index is 13.0. The molecule has 0 spiro atoms. The number of nitrogens with two attached hydrogens (primary N) is 2. The molecule has 0 radical (unpaired) electrons. The standard InChI is InChI=1S/C21H36N4O4.CH2Cl2/c22-17(14-8-2-1-3-9-14)21(29)25-11-5-10-16(25)20(28)24-15(18(26)19(23)27)12-13-6-4-7-13;2-1-3/h13-18,26H,1-12,22H2,(H2,23,27)(H,24,28);1H2/t15?,16?,17-,18?;/m0./s1. The van der Waals surface area contributed by atoms with Gasteiger partial charge in [0.2, 0.25) is 17.7 Å². The first-order valence-electron chi connectivity index (χ1n) is 11.8. The molecule has 1 heterocycles. The van der Waals surface area contributed by atoms with E-state index in [0.29, 0.717) is 25.3 Å². The number of nitrogens with zero attached hydrogens (tertiary/aromatic N) is 1. The van der Waals surface area contributed by atoms with Gasteiger partial charge in [-0.15, -0.1) is 23.2 Å². The van der Waals surface area contributed by atoms with Crippen LogP contribution in [0.2, 0.25) is 0 Å². The Kier molecular flexibility index (Phi) is 11.5. The molecule has 0 aromatic rings. The maximum absolute atomic E-state index is 13.0. The Bertz CT molecular complexity index is 629. The van der Waals surface area contributed by atoms with Gasteiger partial charge in [0, 0.05) is 6.54 Å². The molecule has 8 nitrogen and oxygen atoms in total. The molecule has 3 fully saturated rings. The third-order valence-electron chi connectivity index (χ3n) is 7.09. The van der Waals surface area contributed by atoms with Gasteiger partial charge < -0.3 is 26.8 Å². The number of primary amides is 1. The molecule has 32 heavy (non-hydrogen) atoms. The summed E-state index contributed by atoms with van der Waals surface area (Å²) < 4.78 is 0.